The van der Waals surface area contributed by atoms with Gasteiger partial charge in [0, 0.05) is 21.0 Å². The van der Waals surface area contributed by atoms with Crippen molar-refractivity contribution in [2.45, 2.75) is 55.3 Å². The highest BCUT2D eigenvalue weighted by molar-refractivity contribution is 6.76. The molecule has 1 aliphatic rings. The lowest BCUT2D eigenvalue weighted by Gasteiger charge is -2.43. The third-order valence-corrected chi connectivity index (χ3v) is 3.61. The summed E-state index contributed by atoms with van der Waals surface area (Å²) < 4.78 is 24.2. The Morgan fingerprint density at radius 3 is 1.92 bits per heavy atom. The molecule has 0 aliphatic carbocycles. The van der Waals surface area contributed by atoms with Crippen LogP contribution in [0.4, 0.5) is 0 Å². The van der Waals surface area contributed by atoms with Gasteiger partial charge in [0.25, 0.3) is 3.79 Å². The van der Waals surface area contributed by atoms with E-state index in [0.29, 0.717) is 0 Å². The van der Waals surface area contributed by atoms with Crippen LogP contribution in [0.2, 0.25) is 0 Å². The van der Waals surface area contributed by atoms with E-state index in [4.69, 9.17) is 63.9 Å². The predicted molar refractivity (Wildman–Crippen MR) is 85.3 cm³/mol. The lowest BCUT2D eigenvalue weighted by Crippen LogP contribution is -2.61. The number of alkyl halides is 3. The standard InChI is InChI=1S/C13H18Cl3NO7/c1-5-8(22-6(2)18)9(20-4)10(23-7(3)19)11(21-5)24-12(17)13(14,15)16/h5,8-11,17H,1-4H3/t5-,8-,9+,10+,11?/m0/s1. The van der Waals surface area contributed by atoms with E-state index >= 15 is 0 Å². The molecular formula is C13H18Cl3NO7. The molecule has 1 aliphatic heterocycles. The second-order valence-corrected chi connectivity index (χ2v) is 7.28. The molecule has 0 spiro atoms. The van der Waals surface area contributed by atoms with Crippen molar-refractivity contribution in [2.75, 3.05) is 7.11 Å². The van der Waals surface area contributed by atoms with Crippen LogP contribution < -0.4 is 0 Å². The minimum Gasteiger partial charge on any atom is -0.457 e. The van der Waals surface area contributed by atoms with Crippen LogP contribution >= 0.6 is 34.8 Å². The third kappa shape index (κ3) is 5.63. The number of ether oxygens (including phenoxy) is 5. The topological polar surface area (TPSA) is 104 Å². The summed E-state index contributed by atoms with van der Waals surface area (Å²) in [6.07, 6.45) is -4.91. The van der Waals surface area contributed by atoms with Crippen molar-refractivity contribution in [3.63, 3.8) is 0 Å². The molecule has 1 rings (SSSR count). The molecule has 0 amide bonds. The maximum Gasteiger partial charge on any atom is 0.303 e. The van der Waals surface area contributed by atoms with Crippen LogP contribution in [-0.2, 0) is 33.3 Å². The molecule has 11 heteroatoms. The summed E-state index contributed by atoms with van der Waals surface area (Å²) in [6, 6.07) is 0. The third-order valence-electron chi connectivity index (χ3n) is 3.10. The second-order valence-electron chi connectivity index (χ2n) is 5.00. The zero-order valence-corrected chi connectivity index (χ0v) is 15.6. The van der Waals surface area contributed by atoms with Gasteiger partial charge in [0.05, 0.1) is 6.10 Å². The first kappa shape index (κ1) is 21.2. The Labute approximate surface area is 154 Å². The number of rotatable bonds is 4. The molecule has 5 atom stereocenters. The van der Waals surface area contributed by atoms with E-state index in [1.807, 2.05) is 0 Å². The molecule has 0 aromatic heterocycles. The summed E-state index contributed by atoms with van der Waals surface area (Å²) in [5, 5.41) is 7.64. The first-order chi connectivity index (χ1) is 11.0. The zero-order chi connectivity index (χ0) is 18.7. The maximum atomic E-state index is 11.4. The first-order valence-electron chi connectivity index (χ1n) is 6.82. The number of esters is 2. The van der Waals surface area contributed by atoms with Crippen molar-refractivity contribution in [1.29, 1.82) is 5.41 Å². The van der Waals surface area contributed by atoms with E-state index in [1.54, 1.807) is 6.92 Å². The van der Waals surface area contributed by atoms with Crippen LogP contribution in [0.25, 0.3) is 0 Å². The van der Waals surface area contributed by atoms with E-state index in [1.165, 1.54) is 21.0 Å². The summed E-state index contributed by atoms with van der Waals surface area (Å²) in [5.41, 5.74) is 0. The van der Waals surface area contributed by atoms with Crippen LogP contribution in [0, 0.1) is 5.41 Å². The molecule has 1 fully saturated rings. The summed E-state index contributed by atoms with van der Waals surface area (Å²) in [4.78, 5) is 22.7. The van der Waals surface area contributed by atoms with Gasteiger partial charge < -0.3 is 23.7 Å². The fraction of sp³-hybridized carbons (Fsp3) is 0.769. The molecule has 0 bridgehead atoms. The number of nitrogens with one attached hydrogen (secondary N) is 1. The second kappa shape index (κ2) is 8.53. The van der Waals surface area contributed by atoms with Gasteiger partial charge in [-0.1, -0.05) is 34.8 Å². The van der Waals surface area contributed by atoms with Crippen LogP contribution in [0.3, 0.4) is 0 Å². The first-order valence-corrected chi connectivity index (χ1v) is 7.95. The van der Waals surface area contributed by atoms with Crippen molar-refractivity contribution in [2.24, 2.45) is 0 Å². The summed E-state index contributed by atoms with van der Waals surface area (Å²) in [7, 11) is 1.34. The van der Waals surface area contributed by atoms with E-state index in [9.17, 15) is 9.59 Å². The Kier molecular flexibility index (Phi) is 7.55. The van der Waals surface area contributed by atoms with Crippen molar-refractivity contribution >= 4 is 52.6 Å². The Bertz CT molecular complexity index is 496. The van der Waals surface area contributed by atoms with Gasteiger partial charge in [-0.3, -0.25) is 15.0 Å². The van der Waals surface area contributed by atoms with Gasteiger partial charge in [0.2, 0.25) is 12.2 Å². The minimum absolute atomic E-state index is 0.563. The molecule has 0 aromatic rings. The molecule has 1 heterocycles. The Hall–Kier alpha value is -0.800. The fourth-order valence-corrected chi connectivity index (χ4v) is 2.32. The maximum absolute atomic E-state index is 11.4. The average Bonchev–Trinajstić information content (AvgIpc) is 2.41. The van der Waals surface area contributed by atoms with Gasteiger partial charge in [-0.2, -0.15) is 0 Å². The van der Waals surface area contributed by atoms with Crippen molar-refractivity contribution in [1.82, 2.24) is 0 Å². The highest BCUT2D eigenvalue weighted by atomic mass is 35.6. The molecular weight excluding hydrogens is 389 g/mol. The molecule has 138 valence electrons. The highest BCUT2D eigenvalue weighted by Gasteiger charge is 2.51. The van der Waals surface area contributed by atoms with Crippen LogP contribution in [0.5, 0.6) is 0 Å². The largest absolute Gasteiger partial charge is 0.457 e. The average molecular weight is 407 g/mol. The molecule has 1 N–H and O–H groups in total. The van der Waals surface area contributed by atoms with E-state index < -0.39 is 52.3 Å². The molecule has 24 heavy (non-hydrogen) atoms. The molecule has 1 unspecified atom stereocenters. The molecule has 0 aromatic carbocycles. The highest BCUT2D eigenvalue weighted by Crippen LogP contribution is 2.33. The number of halogens is 3. The number of carbonyl (C=O) groups is 2. The normalized spacial score (nSPS) is 30.4. The van der Waals surface area contributed by atoms with Gasteiger partial charge in [-0.05, 0) is 6.92 Å². The fourth-order valence-electron chi connectivity index (χ4n) is 2.19. The monoisotopic (exact) mass is 405 g/mol. The zero-order valence-electron chi connectivity index (χ0n) is 13.4. The van der Waals surface area contributed by atoms with Gasteiger partial charge in [0.15, 0.2) is 12.2 Å². The number of methoxy groups -OCH3 is 1. The SMILES string of the molecule is CO[C@@H]1[C@@H](OC(C)=O)[C@H](C)OC(OC(=N)C(Cl)(Cl)Cl)[C@@H]1OC(C)=O. The Morgan fingerprint density at radius 1 is 1.00 bits per heavy atom. The van der Waals surface area contributed by atoms with Crippen LogP contribution in [-0.4, -0.2) is 59.4 Å². The van der Waals surface area contributed by atoms with E-state index in [2.05, 4.69) is 0 Å². The van der Waals surface area contributed by atoms with Crippen molar-refractivity contribution < 1.29 is 33.3 Å². The smallest absolute Gasteiger partial charge is 0.303 e. The molecule has 1 saturated heterocycles. The van der Waals surface area contributed by atoms with Gasteiger partial charge >= 0.3 is 11.9 Å². The van der Waals surface area contributed by atoms with Crippen molar-refractivity contribution in [3.05, 3.63) is 0 Å². The number of hydrogen-bond acceptors (Lipinski definition) is 8. The predicted octanol–water partition coefficient (Wildman–Crippen LogP) is 1.97. The summed E-state index contributed by atoms with van der Waals surface area (Å²) >= 11 is 16.7. The summed E-state index contributed by atoms with van der Waals surface area (Å²) in [6.45, 7) is 3.99. The molecule has 0 radical (unpaired) electrons. The lowest BCUT2D eigenvalue weighted by atomic mass is 9.99. The van der Waals surface area contributed by atoms with Crippen molar-refractivity contribution in [3.8, 4) is 0 Å². The van der Waals surface area contributed by atoms with Crippen LogP contribution in [0.1, 0.15) is 20.8 Å². The number of hydrogen-bond donors (Lipinski definition) is 1. The minimum atomic E-state index is -2.12. The van der Waals surface area contributed by atoms with Crippen LogP contribution in [0.15, 0.2) is 0 Å². The molecule has 8 nitrogen and oxygen atoms in total. The van der Waals surface area contributed by atoms with Gasteiger partial charge in [-0.25, -0.2) is 0 Å². The Morgan fingerprint density at radius 2 is 1.50 bits per heavy atom. The van der Waals surface area contributed by atoms with Gasteiger partial charge in [0.1, 0.15) is 6.10 Å². The molecule has 0 saturated carbocycles. The summed E-state index contributed by atoms with van der Waals surface area (Å²) in [5.74, 6) is -1.94. The quantitative estimate of drug-likeness (QED) is 0.329. The van der Waals surface area contributed by atoms with E-state index in [-0.39, 0.29) is 0 Å². The van der Waals surface area contributed by atoms with E-state index in [0.717, 1.165) is 0 Å². The lowest BCUT2D eigenvalue weighted by molar-refractivity contribution is -0.284. The van der Waals surface area contributed by atoms with Gasteiger partial charge in [-0.15, -0.1) is 0 Å². The Balaban J connectivity index is 3.07. The number of carbonyl (C=O) groups excluding carboxylic acids is 2.